The molecular weight excluding hydrogens is 1230 g/mol. The highest BCUT2D eigenvalue weighted by molar-refractivity contribution is 5.76. The minimum absolute atomic E-state index is 0.234. The summed E-state index contributed by atoms with van der Waals surface area (Å²) < 4.78 is 22.9. The number of carbonyl (C=O) groups excluding carboxylic acids is 1. The Morgan fingerprint density at radius 1 is 0.378 bits per heavy atom. The van der Waals surface area contributed by atoms with E-state index in [9.17, 15) is 45.6 Å². The average molecular weight is 1380 g/mol. The summed E-state index contributed by atoms with van der Waals surface area (Å²) in [5.74, 6) is -0.273. The van der Waals surface area contributed by atoms with Crippen LogP contribution in [0.5, 0.6) is 0 Å². The first-order chi connectivity index (χ1) is 48.1. The third-order valence-corrected chi connectivity index (χ3v) is 18.7. The Balaban J connectivity index is 1.66. The summed E-state index contributed by atoms with van der Waals surface area (Å²) in [7, 11) is 0. The first kappa shape index (κ1) is 90.5. The molecule has 9 N–H and O–H groups in total. The summed E-state index contributed by atoms with van der Waals surface area (Å²) >= 11 is 0. The summed E-state index contributed by atoms with van der Waals surface area (Å²) in [6.45, 7) is 2.69. The van der Waals surface area contributed by atoms with Gasteiger partial charge in [-0.2, -0.15) is 0 Å². The van der Waals surface area contributed by atoms with Crippen LogP contribution >= 0.6 is 0 Å². The van der Waals surface area contributed by atoms with Crippen LogP contribution in [0.15, 0.2) is 122 Å². The van der Waals surface area contributed by atoms with E-state index in [-0.39, 0.29) is 18.9 Å². The Hall–Kier alpha value is -3.61. The lowest BCUT2D eigenvalue weighted by Crippen LogP contribution is -2.65. The van der Waals surface area contributed by atoms with E-state index in [1.807, 2.05) is 6.08 Å². The fraction of sp³-hybridized carbons (Fsp3) is 0.750. The molecule has 2 aliphatic heterocycles. The van der Waals surface area contributed by atoms with Crippen molar-refractivity contribution in [2.75, 3.05) is 19.8 Å². The molecule has 0 aliphatic carbocycles. The van der Waals surface area contributed by atoms with E-state index in [1.165, 1.54) is 186 Å². The van der Waals surface area contributed by atoms with Crippen LogP contribution in [0, 0.1) is 0 Å². The van der Waals surface area contributed by atoms with Crippen molar-refractivity contribution >= 4 is 5.91 Å². The van der Waals surface area contributed by atoms with Crippen molar-refractivity contribution < 1.29 is 64.6 Å². The van der Waals surface area contributed by atoms with E-state index in [1.54, 1.807) is 6.08 Å². The molecule has 564 valence electrons. The lowest BCUT2D eigenvalue weighted by molar-refractivity contribution is -0.359. The monoisotopic (exact) mass is 1380 g/mol. The van der Waals surface area contributed by atoms with Crippen LogP contribution in [-0.2, 0) is 23.7 Å². The molecule has 0 aromatic rings. The summed E-state index contributed by atoms with van der Waals surface area (Å²) in [5, 5.41) is 87.6. The van der Waals surface area contributed by atoms with Crippen molar-refractivity contribution in [1.82, 2.24) is 5.32 Å². The number of amides is 1. The Morgan fingerprint density at radius 2 is 0.704 bits per heavy atom. The van der Waals surface area contributed by atoms with Gasteiger partial charge in [0.15, 0.2) is 12.6 Å². The van der Waals surface area contributed by atoms with Gasteiger partial charge < -0.3 is 65.1 Å². The minimum Gasteiger partial charge on any atom is -0.394 e. The molecule has 2 aliphatic rings. The second kappa shape index (κ2) is 66.6. The van der Waals surface area contributed by atoms with E-state index in [0.717, 1.165) is 96.3 Å². The van der Waals surface area contributed by atoms with Crippen LogP contribution in [0.25, 0.3) is 0 Å². The van der Waals surface area contributed by atoms with Crippen molar-refractivity contribution in [3.63, 3.8) is 0 Å². The Kier molecular flexibility index (Phi) is 61.5. The third-order valence-electron chi connectivity index (χ3n) is 18.7. The first-order valence-corrected chi connectivity index (χ1v) is 39.8. The van der Waals surface area contributed by atoms with E-state index in [0.29, 0.717) is 6.42 Å². The molecule has 14 nitrogen and oxygen atoms in total. The molecule has 12 unspecified atom stereocenters. The fourth-order valence-electron chi connectivity index (χ4n) is 12.4. The van der Waals surface area contributed by atoms with Crippen molar-refractivity contribution in [1.29, 1.82) is 0 Å². The van der Waals surface area contributed by atoms with Gasteiger partial charge in [0.05, 0.1) is 32.0 Å². The van der Waals surface area contributed by atoms with Gasteiger partial charge in [0.1, 0.15) is 48.8 Å². The molecule has 2 heterocycles. The number of ether oxygens (including phenoxy) is 4. The van der Waals surface area contributed by atoms with Gasteiger partial charge in [0.25, 0.3) is 0 Å². The Labute approximate surface area is 597 Å². The average Bonchev–Trinajstić information content (AvgIpc) is 0.793. The van der Waals surface area contributed by atoms with Crippen molar-refractivity contribution in [3.8, 4) is 0 Å². The number of hydrogen-bond donors (Lipinski definition) is 9. The highest BCUT2D eigenvalue weighted by Gasteiger charge is 2.51. The lowest BCUT2D eigenvalue weighted by atomic mass is 9.97. The minimum atomic E-state index is -1.80. The zero-order chi connectivity index (χ0) is 70.8. The van der Waals surface area contributed by atoms with Gasteiger partial charge >= 0.3 is 0 Å². The van der Waals surface area contributed by atoms with E-state index in [4.69, 9.17) is 18.9 Å². The second-order valence-corrected chi connectivity index (χ2v) is 27.5. The number of carbonyl (C=O) groups is 1. The fourth-order valence-corrected chi connectivity index (χ4v) is 12.4. The van der Waals surface area contributed by atoms with Gasteiger partial charge in [-0.25, -0.2) is 0 Å². The molecule has 0 aromatic carbocycles. The Bertz CT molecular complexity index is 2110. The van der Waals surface area contributed by atoms with Gasteiger partial charge in [0.2, 0.25) is 5.91 Å². The van der Waals surface area contributed by atoms with Crippen molar-refractivity contribution in [3.05, 3.63) is 122 Å². The molecule has 0 radical (unpaired) electrons. The largest absolute Gasteiger partial charge is 0.394 e. The molecule has 0 bridgehead atoms. The quantitative estimate of drug-likeness (QED) is 0.0204. The maximum Gasteiger partial charge on any atom is 0.220 e. The maximum absolute atomic E-state index is 13.4. The van der Waals surface area contributed by atoms with Crippen LogP contribution in [0.1, 0.15) is 309 Å². The molecule has 12 atom stereocenters. The van der Waals surface area contributed by atoms with Gasteiger partial charge in [0, 0.05) is 6.42 Å². The second-order valence-electron chi connectivity index (χ2n) is 27.5. The topological polar surface area (TPSA) is 228 Å². The van der Waals surface area contributed by atoms with Crippen molar-refractivity contribution in [2.45, 2.75) is 383 Å². The molecular formula is C84H145NO13. The number of unbranched alkanes of at least 4 members (excludes halogenated alkanes) is 34. The highest BCUT2D eigenvalue weighted by Crippen LogP contribution is 2.30. The van der Waals surface area contributed by atoms with E-state index in [2.05, 4.69) is 129 Å². The summed E-state index contributed by atoms with van der Waals surface area (Å²) in [5.41, 5.74) is 0. The number of allylic oxidation sites excluding steroid dienone is 19. The summed E-state index contributed by atoms with van der Waals surface area (Å²) in [6.07, 6.45) is 81.3. The summed E-state index contributed by atoms with van der Waals surface area (Å²) in [4.78, 5) is 13.4. The number of nitrogens with one attached hydrogen (secondary N) is 1. The molecule has 2 fully saturated rings. The molecule has 98 heavy (non-hydrogen) atoms. The maximum atomic E-state index is 13.4. The zero-order valence-electron chi connectivity index (χ0n) is 61.7. The van der Waals surface area contributed by atoms with Crippen LogP contribution in [0.2, 0.25) is 0 Å². The lowest BCUT2D eigenvalue weighted by Gasteiger charge is -2.46. The van der Waals surface area contributed by atoms with Gasteiger partial charge in [-0.3, -0.25) is 4.79 Å². The van der Waals surface area contributed by atoms with Crippen LogP contribution in [0.3, 0.4) is 0 Å². The van der Waals surface area contributed by atoms with Gasteiger partial charge in [-0.05, 0) is 89.9 Å². The van der Waals surface area contributed by atoms with Gasteiger partial charge in [-0.1, -0.05) is 334 Å². The summed E-state index contributed by atoms with van der Waals surface area (Å²) in [6, 6.07) is -0.945. The van der Waals surface area contributed by atoms with Crippen LogP contribution in [-0.4, -0.2) is 140 Å². The zero-order valence-corrected chi connectivity index (χ0v) is 61.7. The molecule has 0 aromatic heterocycles. The normalized spacial score (nSPS) is 22.7. The molecule has 0 spiro atoms. The highest BCUT2D eigenvalue weighted by atomic mass is 16.7. The predicted octanol–water partition coefficient (Wildman–Crippen LogP) is 18.0. The molecule has 1 amide bonds. The molecule has 0 saturated carbocycles. The van der Waals surface area contributed by atoms with Crippen LogP contribution in [0.4, 0.5) is 0 Å². The number of rotatable bonds is 65. The molecule has 2 saturated heterocycles. The van der Waals surface area contributed by atoms with Crippen molar-refractivity contribution in [2.24, 2.45) is 0 Å². The first-order valence-electron chi connectivity index (χ1n) is 39.8. The number of hydrogen-bond acceptors (Lipinski definition) is 13. The van der Waals surface area contributed by atoms with E-state index < -0.39 is 86.8 Å². The Morgan fingerprint density at radius 3 is 1.08 bits per heavy atom. The number of aliphatic hydroxyl groups is 8. The van der Waals surface area contributed by atoms with E-state index >= 15 is 0 Å². The third kappa shape index (κ3) is 49.1. The number of aliphatic hydroxyl groups excluding tert-OH is 8. The SMILES string of the molecule is CC/C=C\C/C=C\C/C=C\C/C=C\C/C=C\C/C=C\C/C=C\C/C=C\C/C=C\CCCCCC(=O)NC(COC1OC(CO)C(OC2OC(CO)C(O)C(O)C2O)C(O)C1O)C(O)/C=C/CCCCCCCCCCCCCCCCCCCCCCCCCCCCCCCCC. The molecule has 14 heteroatoms. The van der Waals surface area contributed by atoms with Gasteiger partial charge in [-0.15, -0.1) is 0 Å². The molecule has 2 rings (SSSR count). The predicted molar refractivity (Wildman–Crippen MR) is 405 cm³/mol. The smallest absolute Gasteiger partial charge is 0.220 e. The standard InChI is InChI=1S/C84H145NO13/c1-3-5-7-9-11-13-15-17-19-21-23-25-27-29-31-33-35-36-38-39-41-43-45-47-49-51-53-55-57-59-61-63-65-67-73(88)72(71-95-83-81(94)79(92)82(75(70-87)97-83)98-84-80(93)78(91)77(90)74(69-86)96-84)85-76(89)68-66-64-62-60-58-56-54-52-50-48-46-44-42-40-37-34-32-30-28-26-24-22-20-18-16-14-12-10-8-6-4-2/h6,8,12,14,18,20,24,26,30,32,37,40,44,46,50,52,56,58,65,67,72-75,77-84,86-88,90-94H,3-5,7,9-11,13,15-17,19,21-23,25,27-29,31,33-36,38-39,41-43,45,47-49,51,53-55,57,59-64,66,68-71H2,1-2H3,(H,85,89)/b8-6-,14-12-,20-18-,26-24-,32-30-,40-37-,46-44-,52-50-,58-56-,67-65+. The van der Waals surface area contributed by atoms with Crippen LogP contribution < -0.4 is 5.32 Å².